The van der Waals surface area contributed by atoms with Crippen LogP contribution in [0.3, 0.4) is 0 Å². The fourth-order valence-electron chi connectivity index (χ4n) is 3.13. The van der Waals surface area contributed by atoms with Crippen LogP contribution >= 0.6 is 0 Å². The lowest BCUT2D eigenvalue weighted by atomic mass is 10.1. The Kier molecular flexibility index (Phi) is 4.17. The second kappa shape index (κ2) is 6.48. The minimum absolute atomic E-state index is 0.266. The first-order valence-electron chi connectivity index (χ1n) is 8.88. The highest BCUT2D eigenvalue weighted by Gasteiger charge is 2.30. The topological polar surface area (TPSA) is 42.7 Å². The molecule has 0 spiro atoms. The Morgan fingerprint density at radius 2 is 1.92 bits per heavy atom. The monoisotopic (exact) mass is 336 g/mol. The van der Waals surface area contributed by atoms with Gasteiger partial charge < -0.3 is 9.64 Å². The van der Waals surface area contributed by atoms with Crippen molar-refractivity contribution in [3.05, 3.63) is 59.4 Å². The summed E-state index contributed by atoms with van der Waals surface area (Å²) in [5.41, 5.74) is 4.24. The van der Waals surface area contributed by atoms with Gasteiger partial charge in [-0.3, -0.25) is 0 Å². The summed E-state index contributed by atoms with van der Waals surface area (Å²) in [5.74, 6) is 1.51. The number of ether oxygens (including phenoxy) is 1. The summed E-state index contributed by atoms with van der Waals surface area (Å²) in [6.07, 6.45) is 0.266. The lowest BCUT2D eigenvalue weighted by Crippen LogP contribution is -2.53. The summed E-state index contributed by atoms with van der Waals surface area (Å²) in [6.45, 7) is 8.81. The summed E-state index contributed by atoms with van der Waals surface area (Å²) in [4.78, 5) is 7.06. The minimum Gasteiger partial charge on any atom is -0.370 e. The highest BCUT2D eigenvalue weighted by molar-refractivity contribution is 5.54. The molecule has 3 aromatic rings. The van der Waals surface area contributed by atoms with Crippen LogP contribution in [0.15, 0.2) is 42.5 Å². The van der Waals surface area contributed by atoms with E-state index < -0.39 is 0 Å². The van der Waals surface area contributed by atoms with Gasteiger partial charge in [-0.25, -0.2) is 4.98 Å². The third-order valence-electron chi connectivity index (χ3n) is 4.64. The Bertz CT molecular complexity index is 866. The van der Waals surface area contributed by atoms with Gasteiger partial charge in [-0.1, -0.05) is 44.2 Å². The quantitative estimate of drug-likeness (QED) is 0.714. The molecule has 3 heterocycles. The Labute approximate surface area is 148 Å². The van der Waals surface area contributed by atoms with Crippen molar-refractivity contribution in [1.82, 2.24) is 14.6 Å². The van der Waals surface area contributed by atoms with E-state index in [9.17, 15) is 0 Å². The van der Waals surface area contributed by atoms with E-state index in [0.29, 0.717) is 12.5 Å². The van der Waals surface area contributed by atoms with Gasteiger partial charge in [0, 0.05) is 30.9 Å². The van der Waals surface area contributed by atoms with Crippen LogP contribution in [-0.2, 0) is 11.3 Å². The largest absolute Gasteiger partial charge is 0.370 e. The van der Waals surface area contributed by atoms with E-state index in [1.165, 1.54) is 5.56 Å². The van der Waals surface area contributed by atoms with Crippen molar-refractivity contribution < 1.29 is 4.74 Å². The maximum absolute atomic E-state index is 6.02. The molecule has 25 heavy (non-hydrogen) atoms. The third kappa shape index (κ3) is 3.24. The summed E-state index contributed by atoms with van der Waals surface area (Å²) >= 11 is 0. The molecular formula is C20H24N4O. The number of hydrogen-bond acceptors (Lipinski definition) is 4. The number of nitrogens with zero attached hydrogens (tertiary/aromatic N) is 4. The molecule has 0 N–H and O–H groups in total. The number of benzene rings is 1. The van der Waals surface area contributed by atoms with Crippen LogP contribution in [0, 0.1) is 6.92 Å². The Hall–Kier alpha value is -2.40. The summed E-state index contributed by atoms with van der Waals surface area (Å²) in [7, 11) is 0. The van der Waals surface area contributed by atoms with Gasteiger partial charge in [0.2, 0.25) is 0 Å². The molecular weight excluding hydrogens is 312 g/mol. The van der Waals surface area contributed by atoms with E-state index in [-0.39, 0.29) is 6.10 Å². The molecule has 4 rings (SSSR count). The Morgan fingerprint density at radius 1 is 1.16 bits per heavy atom. The molecule has 5 heteroatoms. The van der Waals surface area contributed by atoms with Gasteiger partial charge in [0.1, 0.15) is 5.82 Å². The number of rotatable bonds is 5. The molecule has 0 saturated carbocycles. The average Bonchev–Trinajstić information content (AvgIpc) is 2.94. The van der Waals surface area contributed by atoms with Crippen molar-refractivity contribution in [2.75, 3.05) is 18.0 Å². The summed E-state index contributed by atoms with van der Waals surface area (Å²) in [6, 6.07) is 14.5. The van der Waals surface area contributed by atoms with Crippen molar-refractivity contribution in [1.29, 1.82) is 0 Å². The molecule has 130 valence electrons. The minimum atomic E-state index is 0.266. The normalized spacial score (nSPS) is 15.1. The zero-order valence-electron chi connectivity index (χ0n) is 15.0. The standard InChI is InChI=1S/C20H24N4O/c1-14(2)18-10-20(24-19(21-18)9-15(3)22-24)23-11-17(12-23)25-13-16-7-5-4-6-8-16/h4-10,14,17H,11-13H2,1-3H3. The molecule has 0 unspecified atom stereocenters. The zero-order valence-corrected chi connectivity index (χ0v) is 15.0. The maximum Gasteiger partial charge on any atom is 0.157 e. The average molecular weight is 336 g/mol. The summed E-state index contributed by atoms with van der Waals surface area (Å²) in [5, 5.41) is 4.61. The molecule has 1 saturated heterocycles. The van der Waals surface area contributed by atoms with Crippen LogP contribution < -0.4 is 4.90 Å². The lowest BCUT2D eigenvalue weighted by molar-refractivity contribution is 0.0219. The molecule has 1 fully saturated rings. The lowest BCUT2D eigenvalue weighted by Gasteiger charge is -2.40. The zero-order chi connectivity index (χ0) is 17.4. The van der Waals surface area contributed by atoms with Crippen LogP contribution in [-0.4, -0.2) is 33.8 Å². The van der Waals surface area contributed by atoms with Crippen molar-refractivity contribution in [2.45, 2.75) is 39.4 Å². The molecule has 1 aliphatic rings. The highest BCUT2D eigenvalue weighted by Crippen LogP contribution is 2.27. The van der Waals surface area contributed by atoms with Crippen molar-refractivity contribution in [2.24, 2.45) is 0 Å². The Balaban J connectivity index is 1.48. The van der Waals surface area contributed by atoms with Crippen LogP contribution in [0.2, 0.25) is 0 Å². The van der Waals surface area contributed by atoms with Gasteiger partial charge >= 0.3 is 0 Å². The van der Waals surface area contributed by atoms with Crippen molar-refractivity contribution >= 4 is 11.5 Å². The van der Waals surface area contributed by atoms with Gasteiger partial charge in [-0.05, 0) is 18.4 Å². The van der Waals surface area contributed by atoms with Crippen LogP contribution in [0.5, 0.6) is 0 Å². The number of fused-ring (bicyclic) bond motifs is 1. The fourth-order valence-corrected chi connectivity index (χ4v) is 3.13. The second-order valence-electron chi connectivity index (χ2n) is 7.07. The predicted molar refractivity (Wildman–Crippen MR) is 99.0 cm³/mol. The van der Waals surface area contributed by atoms with Gasteiger partial charge in [0.05, 0.1) is 18.4 Å². The molecule has 5 nitrogen and oxygen atoms in total. The van der Waals surface area contributed by atoms with Gasteiger partial charge in [0.15, 0.2) is 5.65 Å². The first-order chi connectivity index (χ1) is 12.1. The number of anilines is 1. The van der Waals surface area contributed by atoms with Crippen LogP contribution in [0.4, 0.5) is 5.82 Å². The van der Waals surface area contributed by atoms with Gasteiger partial charge in [-0.2, -0.15) is 9.61 Å². The molecule has 2 aromatic heterocycles. The van der Waals surface area contributed by atoms with E-state index in [1.54, 1.807) is 0 Å². The molecule has 0 amide bonds. The van der Waals surface area contributed by atoms with E-state index in [4.69, 9.17) is 9.72 Å². The SMILES string of the molecule is Cc1cc2nc(C(C)C)cc(N3CC(OCc4ccccc4)C3)n2n1. The fraction of sp³-hybridized carbons (Fsp3) is 0.400. The number of aryl methyl sites for hydroxylation is 1. The molecule has 1 aliphatic heterocycles. The van der Waals surface area contributed by atoms with E-state index in [0.717, 1.165) is 35.9 Å². The number of hydrogen-bond donors (Lipinski definition) is 0. The molecule has 0 bridgehead atoms. The van der Waals surface area contributed by atoms with E-state index >= 15 is 0 Å². The van der Waals surface area contributed by atoms with Gasteiger partial charge in [-0.15, -0.1) is 0 Å². The first kappa shape index (κ1) is 16.1. The molecule has 0 atom stereocenters. The molecule has 1 aromatic carbocycles. The molecule has 0 radical (unpaired) electrons. The van der Waals surface area contributed by atoms with E-state index in [1.807, 2.05) is 35.7 Å². The summed E-state index contributed by atoms with van der Waals surface area (Å²) < 4.78 is 7.98. The predicted octanol–water partition coefficient (Wildman–Crippen LogP) is 3.57. The van der Waals surface area contributed by atoms with E-state index in [2.05, 4.69) is 42.0 Å². The van der Waals surface area contributed by atoms with Gasteiger partial charge in [0.25, 0.3) is 0 Å². The van der Waals surface area contributed by atoms with Crippen molar-refractivity contribution in [3.8, 4) is 0 Å². The highest BCUT2D eigenvalue weighted by atomic mass is 16.5. The Morgan fingerprint density at radius 3 is 2.64 bits per heavy atom. The first-order valence-corrected chi connectivity index (χ1v) is 8.88. The number of aromatic nitrogens is 3. The van der Waals surface area contributed by atoms with Crippen molar-refractivity contribution in [3.63, 3.8) is 0 Å². The molecule has 0 aliphatic carbocycles. The maximum atomic E-state index is 6.02. The van der Waals surface area contributed by atoms with Crippen LogP contribution in [0.25, 0.3) is 5.65 Å². The van der Waals surface area contributed by atoms with Crippen LogP contribution in [0.1, 0.15) is 36.7 Å². The second-order valence-corrected chi connectivity index (χ2v) is 7.07. The smallest absolute Gasteiger partial charge is 0.157 e. The third-order valence-corrected chi connectivity index (χ3v) is 4.64.